The maximum Gasteiger partial charge on any atom is 0.271 e. The molecule has 23 heavy (non-hydrogen) atoms. The molecule has 1 aliphatic rings. The highest BCUT2D eigenvalue weighted by Gasteiger charge is 2.21. The van der Waals surface area contributed by atoms with Gasteiger partial charge in [-0.25, -0.2) is 4.98 Å². The largest absolute Gasteiger partial charge is 0.496 e. The van der Waals surface area contributed by atoms with E-state index in [1.807, 2.05) is 29.6 Å². The third-order valence-electron chi connectivity index (χ3n) is 4.03. The van der Waals surface area contributed by atoms with E-state index in [1.165, 1.54) is 11.3 Å². The number of carbonyl (C=O) groups excluding carboxylic acids is 1. The molecule has 1 aromatic heterocycles. The molecule has 1 aromatic carbocycles. The Morgan fingerprint density at radius 2 is 2.26 bits per heavy atom. The Morgan fingerprint density at radius 1 is 1.43 bits per heavy atom. The van der Waals surface area contributed by atoms with Gasteiger partial charge in [-0.2, -0.15) is 0 Å². The average Bonchev–Trinajstić information content (AvgIpc) is 3.05. The smallest absolute Gasteiger partial charge is 0.271 e. The molecular formula is C17H21N3O2S. The summed E-state index contributed by atoms with van der Waals surface area (Å²) >= 11 is 1.46. The Hall–Kier alpha value is -1.92. The van der Waals surface area contributed by atoms with Crippen LogP contribution in [0.2, 0.25) is 0 Å². The van der Waals surface area contributed by atoms with Gasteiger partial charge in [0.2, 0.25) is 0 Å². The van der Waals surface area contributed by atoms with Crippen LogP contribution in [-0.2, 0) is 0 Å². The topological polar surface area (TPSA) is 54.5 Å². The van der Waals surface area contributed by atoms with E-state index in [9.17, 15) is 4.79 Å². The predicted octanol–water partition coefficient (Wildman–Crippen LogP) is 2.64. The number of aromatic nitrogens is 1. The van der Waals surface area contributed by atoms with Gasteiger partial charge in [-0.15, -0.1) is 11.3 Å². The number of amides is 1. The van der Waals surface area contributed by atoms with E-state index in [0.717, 1.165) is 42.3 Å². The molecule has 0 unspecified atom stereocenters. The van der Waals surface area contributed by atoms with Crippen molar-refractivity contribution in [1.82, 2.24) is 15.2 Å². The molecule has 0 spiro atoms. The van der Waals surface area contributed by atoms with E-state index >= 15 is 0 Å². The van der Waals surface area contributed by atoms with Crippen molar-refractivity contribution >= 4 is 17.2 Å². The number of piperidine rings is 1. The number of para-hydroxylation sites is 1. The lowest BCUT2D eigenvalue weighted by atomic mass is 10.1. The van der Waals surface area contributed by atoms with Crippen LogP contribution in [0.3, 0.4) is 0 Å². The summed E-state index contributed by atoms with van der Waals surface area (Å²) in [5.74, 6) is 0.672. The first kappa shape index (κ1) is 16.0. The first-order chi connectivity index (χ1) is 11.2. The lowest BCUT2D eigenvalue weighted by Gasteiger charge is -2.29. The Balaban J connectivity index is 1.72. The molecule has 5 nitrogen and oxygen atoms in total. The van der Waals surface area contributed by atoms with Crippen molar-refractivity contribution in [3.63, 3.8) is 0 Å². The zero-order valence-electron chi connectivity index (χ0n) is 13.4. The number of hydrogen-bond donors (Lipinski definition) is 1. The van der Waals surface area contributed by atoms with Crippen molar-refractivity contribution in [2.75, 3.05) is 27.2 Å². The second kappa shape index (κ2) is 7.10. The summed E-state index contributed by atoms with van der Waals surface area (Å²) in [7, 11) is 3.72. The van der Waals surface area contributed by atoms with Crippen LogP contribution in [0.25, 0.3) is 10.6 Å². The van der Waals surface area contributed by atoms with E-state index in [4.69, 9.17) is 4.74 Å². The summed E-state index contributed by atoms with van der Waals surface area (Å²) in [6.07, 6.45) is 2.14. The fraction of sp³-hybridized carbons (Fsp3) is 0.412. The third-order valence-corrected chi connectivity index (χ3v) is 4.91. The molecule has 0 saturated carbocycles. The minimum Gasteiger partial charge on any atom is -0.496 e. The van der Waals surface area contributed by atoms with Gasteiger partial charge in [0.05, 0.1) is 12.7 Å². The highest BCUT2D eigenvalue weighted by molar-refractivity contribution is 7.13. The van der Waals surface area contributed by atoms with E-state index in [-0.39, 0.29) is 11.9 Å². The molecule has 2 heterocycles. The normalized spacial score (nSPS) is 18.6. The van der Waals surface area contributed by atoms with Gasteiger partial charge in [-0.05, 0) is 38.6 Å². The maximum absolute atomic E-state index is 12.4. The van der Waals surface area contributed by atoms with Crippen molar-refractivity contribution < 1.29 is 9.53 Å². The minimum absolute atomic E-state index is 0.0947. The second-order valence-electron chi connectivity index (χ2n) is 5.81. The second-order valence-corrected chi connectivity index (χ2v) is 6.67. The van der Waals surface area contributed by atoms with Crippen molar-refractivity contribution in [3.05, 3.63) is 35.3 Å². The average molecular weight is 331 g/mol. The van der Waals surface area contributed by atoms with Gasteiger partial charge in [0.25, 0.3) is 5.91 Å². The van der Waals surface area contributed by atoms with E-state index in [1.54, 1.807) is 7.11 Å². The van der Waals surface area contributed by atoms with Crippen molar-refractivity contribution in [2.45, 2.75) is 18.9 Å². The lowest BCUT2D eigenvalue weighted by molar-refractivity contribution is 0.0908. The molecule has 0 aliphatic carbocycles. The standard InChI is InChI=1S/C17H21N3O2S/c1-20-9-5-6-12(10-20)18-16(21)14-11-23-17(19-14)13-7-3-4-8-15(13)22-2/h3-4,7-8,11-12H,5-6,9-10H2,1-2H3,(H,18,21)/t12-/m0/s1. The molecular weight excluding hydrogens is 310 g/mol. The molecule has 1 N–H and O–H groups in total. The van der Waals surface area contributed by atoms with Gasteiger partial charge in [0.1, 0.15) is 16.5 Å². The number of ether oxygens (including phenoxy) is 1. The van der Waals surface area contributed by atoms with Crippen LogP contribution in [0.1, 0.15) is 23.3 Å². The van der Waals surface area contributed by atoms with Crippen LogP contribution in [0.4, 0.5) is 0 Å². The molecule has 0 bridgehead atoms. The molecule has 122 valence electrons. The van der Waals surface area contributed by atoms with Gasteiger partial charge in [0.15, 0.2) is 0 Å². The first-order valence-electron chi connectivity index (χ1n) is 7.75. The quantitative estimate of drug-likeness (QED) is 0.936. The van der Waals surface area contributed by atoms with Gasteiger partial charge >= 0.3 is 0 Å². The summed E-state index contributed by atoms with van der Waals surface area (Å²) < 4.78 is 5.36. The van der Waals surface area contributed by atoms with Crippen LogP contribution < -0.4 is 10.1 Å². The van der Waals surface area contributed by atoms with Gasteiger partial charge in [-0.1, -0.05) is 12.1 Å². The number of methoxy groups -OCH3 is 1. The van der Waals surface area contributed by atoms with Gasteiger partial charge < -0.3 is 15.0 Å². The molecule has 1 fully saturated rings. The lowest BCUT2D eigenvalue weighted by Crippen LogP contribution is -2.46. The number of likely N-dealkylation sites (tertiary alicyclic amines) is 1. The highest BCUT2D eigenvalue weighted by atomic mass is 32.1. The summed E-state index contributed by atoms with van der Waals surface area (Å²) in [5.41, 5.74) is 1.39. The molecule has 1 aliphatic heterocycles. The Kier molecular flexibility index (Phi) is 4.93. The van der Waals surface area contributed by atoms with Crippen LogP contribution in [0.15, 0.2) is 29.6 Å². The predicted molar refractivity (Wildman–Crippen MR) is 92.1 cm³/mol. The molecule has 3 rings (SSSR count). The molecule has 1 amide bonds. The first-order valence-corrected chi connectivity index (χ1v) is 8.63. The number of hydrogen-bond acceptors (Lipinski definition) is 5. The molecule has 2 aromatic rings. The number of likely N-dealkylation sites (N-methyl/N-ethyl adjacent to an activating group) is 1. The fourth-order valence-corrected chi connectivity index (χ4v) is 3.70. The molecule has 1 saturated heterocycles. The minimum atomic E-state index is -0.0947. The molecule has 0 radical (unpaired) electrons. The summed E-state index contributed by atoms with van der Waals surface area (Å²) in [5, 5.41) is 5.70. The summed E-state index contributed by atoms with van der Waals surface area (Å²) in [4.78, 5) is 19.1. The SMILES string of the molecule is COc1ccccc1-c1nc(C(=O)N[C@H]2CCCN(C)C2)cs1. The van der Waals surface area contributed by atoms with Crippen molar-refractivity contribution in [1.29, 1.82) is 0 Å². The summed E-state index contributed by atoms with van der Waals surface area (Å²) in [6.45, 7) is 2.00. The number of thiazole rings is 1. The monoisotopic (exact) mass is 331 g/mol. The highest BCUT2D eigenvalue weighted by Crippen LogP contribution is 2.31. The Morgan fingerprint density at radius 3 is 3.04 bits per heavy atom. The van der Waals surface area contributed by atoms with Gasteiger partial charge in [-0.3, -0.25) is 4.79 Å². The number of rotatable bonds is 4. The fourth-order valence-electron chi connectivity index (χ4n) is 2.87. The summed E-state index contributed by atoms with van der Waals surface area (Å²) in [6, 6.07) is 7.92. The number of carbonyl (C=O) groups is 1. The van der Waals surface area contributed by atoms with Crippen LogP contribution >= 0.6 is 11.3 Å². The van der Waals surface area contributed by atoms with Crippen molar-refractivity contribution in [2.24, 2.45) is 0 Å². The van der Waals surface area contributed by atoms with E-state index in [0.29, 0.717) is 5.69 Å². The van der Waals surface area contributed by atoms with Crippen LogP contribution in [0.5, 0.6) is 5.75 Å². The molecule has 1 atom stereocenters. The van der Waals surface area contributed by atoms with E-state index in [2.05, 4.69) is 22.2 Å². The number of nitrogens with one attached hydrogen (secondary N) is 1. The molecule has 6 heteroatoms. The number of benzene rings is 1. The van der Waals surface area contributed by atoms with E-state index < -0.39 is 0 Å². The Labute approximate surface area is 140 Å². The zero-order valence-corrected chi connectivity index (χ0v) is 14.2. The zero-order chi connectivity index (χ0) is 16.2. The van der Waals surface area contributed by atoms with Crippen LogP contribution in [0, 0.1) is 0 Å². The van der Waals surface area contributed by atoms with Gasteiger partial charge in [0, 0.05) is 18.0 Å². The van der Waals surface area contributed by atoms with Crippen molar-refractivity contribution in [3.8, 4) is 16.3 Å². The Bertz CT molecular complexity index is 686. The number of nitrogens with zero attached hydrogens (tertiary/aromatic N) is 2. The van der Waals surface area contributed by atoms with Crippen LogP contribution in [-0.4, -0.2) is 49.1 Å². The third kappa shape index (κ3) is 3.71. The maximum atomic E-state index is 12.4.